The molecule has 5 heteroatoms. The summed E-state index contributed by atoms with van der Waals surface area (Å²) >= 11 is 0. The Morgan fingerprint density at radius 3 is 2.62 bits per heavy atom. The molecule has 1 aliphatic heterocycles. The maximum absolute atomic E-state index is 13.4. The lowest BCUT2D eigenvalue weighted by Crippen LogP contribution is -2.42. The molecule has 3 rings (SSSR count). The third-order valence-corrected chi connectivity index (χ3v) is 4.60. The summed E-state index contributed by atoms with van der Waals surface area (Å²) in [5.74, 6) is -0.188. The Hall–Kier alpha value is -2.69. The number of nitrogens with zero attached hydrogens (tertiary/aromatic N) is 1. The molecule has 0 N–H and O–H groups in total. The molecule has 136 valence electrons. The van der Waals surface area contributed by atoms with E-state index in [1.165, 1.54) is 18.2 Å². The van der Waals surface area contributed by atoms with Gasteiger partial charge < -0.3 is 9.64 Å². The summed E-state index contributed by atoms with van der Waals surface area (Å²) in [4.78, 5) is 27.1. The Labute approximate surface area is 152 Å². The minimum absolute atomic E-state index is 0.0928. The minimum atomic E-state index is -0.422. The number of carbonyl (C=O) groups is 2. The standard InChI is InChI=1S/C21H22FNO3/c1-2-26-19-10-8-15(9-11-19)21(25)23-12-4-6-17(14-23)20(24)16-5-3-7-18(22)13-16/h3,5,7-11,13,17H,2,4,6,12,14H2,1H3/t17-/m0/s1. The van der Waals surface area contributed by atoms with Crippen molar-refractivity contribution in [1.29, 1.82) is 0 Å². The molecule has 1 fully saturated rings. The number of benzene rings is 2. The van der Waals surface area contributed by atoms with Crippen LogP contribution < -0.4 is 4.74 Å². The molecule has 0 aromatic heterocycles. The largest absolute Gasteiger partial charge is 0.494 e. The molecule has 26 heavy (non-hydrogen) atoms. The number of likely N-dealkylation sites (tertiary alicyclic amines) is 1. The van der Waals surface area contributed by atoms with Gasteiger partial charge >= 0.3 is 0 Å². The molecule has 1 amide bonds. The van der Waals surface area contributed by atoms with Gasteiger partial charge in [-0.1, -0.05) is 12.1 Å². The number of Topliss-reactive ketones (excluding diaryl/α,β-unsaturated/α-hetero) is 1. The molecule has 1 saturated heterocycles. The lowest BCUT2D eigenvalue weighted by molar-refractivity contribution is 0.0637. The van der Waals surface area contributed by atoms with Gasteiger partial charge in [-0.15, -0.1) is 0 Å². The third-order valence-electron chi connectivity index (χ3n) is 4.60. The van der Waals surface area contributed by atoms with E-state index in [9.17, 15) is 14.0 Å². The van der Waals surface area contributed by atoms with Crippen LogP contribution in [0.1, 0.15) is 40.5 Å². The summed E-state index contributed by atoms with van der Waals surface area (Å²) in [5, 5.41) is 0. The molecular weight excluding hydrogens is 333 g/mol. The number of ketones is 1. The van der Waals surface area contributed by atoms with Gasteiger partial charge in [0.2, 0.25) is 0 Å². The zero-order valence-corrected chi connectivity index (χ0v) is 14.8. The van der Waals surface area contributed by atoms with Crippen molar-refractivity contribution in [3.8, 4) is 5.75 Å². The van der Waals surface area contributed by atoms with Crippen LogP contribution in [-0.2, 0) is 0 Å². The van der Waals surface area contributed by atoms with E-state index < -0.39 is 5.82 Å². The van der Waals surface area contributed by atoms with Crippen LogP contribution in [0.2, 0.25) is 0 Å². The molecule has 0 bridgehead atoms. The van der Waals surface area contributed by atoms with Gasteiger partial charge in [0.05, 0.1) is 6.61 Å². The van der Waals surface area contributed by atoms with Crippen molar-refractivity contribution in [1.82, 2.24) is 4.90 Å². The molecule has 0 saturated carbocycles. The van der Waals surface area contributed by atoms with Gasteiger partial charge in [-0.25, -0.2) is 4.39 Å². The van der Waals surface area contributed by atoms with Gasteiger partial charge in [-0.2, -0.15) is 0 Å². The summed E-state index contributed by atoms with van der Waals surface area (Å²) in [7, 11) is 0. The highest BCUT2D eigenvalue weighted by atomic mass is 19.1. The van der Waals surface area contributed by atoms with Gasteiger partial charge in [0, 0.05) is 30.1 Å². The number of rotatable bonds is 5. The average molecular weight is 355 g/mol. The second-order valence-electron chi connectivity index (χ2n) is 6.42. The van der Waals surface area contributed by atoms with E-state index in [2.05, 4.69) is 0 Å². The van der Waals surface area contributed by atoms with E-state index in [0.717, 1.165) is 12.2 Å². The Balaban J connectivity index is 1.69. The minimum Gasteiger partial charge on any atom is -0.494 e. The van der Waals surface area contributed by atoms with Crippen LogP contribution in [0.25, 0.3) is 0 Å². The summed E-state index contributed by atoms with van der Waals surface area (Å²) in [6.45, 7) is 3.46. The zero-order valence-electron chi connectivity index (χ0n) is 14.8. The highest BCUT2D eigenvalue weighted by Gasteiger charge is 2.29. The van der Waals surface area contributed by atoms with Crippen molar-refractivity contribution in [2.75, 3.05) is 19.7 Å². The number of hydrogen-bond donors (Lipinski definition) is 0. The SMILES string of the molecule is CCOc1ccc(C(=O)N2CCC[C@H](C(=O)c3cccc(F)c3)C2)cc1. The first kappa shape index (κ1) is 18.1. The Kier molecular flexibility index (Phi) is 5.66. The summed E-state index contributed by atoms with van der Waals surface area (Å²) in [6, 6.07) is 12.8. The molecular formula is C21H22FNO3. The fourth-order valence-electron chi connectivity index (χ4n) is 3.30. The zero-order chi connectivity index (χ0) is 18.5. The molecule has 0 unspecified atom stereocenters. The molecule has 2 aromatic rings. The number of amides is 1. The molecule has 1 atom stereocenters. The van der Waals surface area contributed by atoms with E-state index in [4.69, 9.17) is 4.74 Å². The topological polar surface area (TPSA) is 46.6 Å². The number of ether oxygens (including phenoxy) is 1. The van der Waals surface area contributed by atoms with Gasteiger partial charge in [-0.05, 0) is 56.2 Å². The van der Waals surface area contributed by atoms with Crippen molar-refractivity contribution >= 4 is 11.7 Å². The van der Waals surface area contributed by atoms with Crippen molar-refractivity contribution < 1.29 is 18.7 Å². The first-order valence-corrected chi connectivity index (χ1v) is 8.90. The monoisotopic (exact) mass is 355 g/mol. The highest BCUT2D eigenvalue weighted by molar-refractivity contribution is 5.99. The number of halogens is 1. The van der Waals surface area contributed by atoms with Crippen LogP contribution in [0.3, 0.4) is 0 Å². The molecule has 0 aliphatic carbocycles. The van der Waals surface area contributed by atoms with E-state index in [0.29, 0.717) is 37.2 Å². The van der Waals surface area contributed by atoms with Crippen molar-refractivity contribution in [3.05, 3.63) is 65.5 Å². The van der Waals surface area contributed by atoms with Gasteiger partial charge in [0.1, 0.15) is 11.6 Å². The predicted molar refractivity (Wildman–Crippen MR) is 97.0 cm³/mol. The fourth-order valence-corrected chi connectivity index (χ4v) is 3.30. The lowest BCUT2D eigenvalue weighted by atomic mass is 9.89. The quantitative estimate of drug-likeness (QED) is 0.763. The van der Waals surface area contributed by atoms with Crippen LogP contribution in [0.4, 0.5) is 4.39 Å². The van der Waals surface area contributed by atoms with E-state index in [1.54, 1.807) is 35.2 Å². The summed E-state index contributed by atoms with van der Waals surface area (Å²) < 4.78 is 18.8. The Morgan fingerprint density at radius 2 is 1.92 bits per heavy atom. The first-order chi connectivity index (χ1) is 12.6. The molecule has 0 radical (unpaired) electrons. The normalized spacial score (nSPS) is 17.0. The van der Waals surface area contributed by atoms with Crippen LogP contribution in [0.15, 0.2) is 48.5 Å². The molecule has 4 nitrogen and oxygen atoms in total. The lowest BCUT2D eigenvalue weighted by Gasteiger charge is -2.32. The van der Waals surface area contributed by atoms with E-state index in [-0.39, 0.29) is 17.6 Å². The predicted octanol–water partition coefficient (Wildman–Crippen LogP) is 3.96. The third kappa shape index (κ3) is 4.10. The molecule has 1 aliphatic rings. The fraction of sp³-hybridized carbons (Fsp3) is 0.333. The highest BCUT2D eigenvalue weighted by Crippen LogP contribution is 2.23. The number of carbonyl (C=O) groups excluding carboxylic acids is 2. The number of hydrogen-bond acceptors (Lipinski definition) is 3. The van der Waals surface area contributed by atoms with E-state index in [1.807, 2.05) is 6.92 Å². The van der Waals surface area contributed by atoms with Crippen LogP contribution in [-0.4, -0.2) is 36.3 Å². The average Bonchev–Trinajstić information content (AvgIpc) is 2.68. The van der Waals surface area contributed by atoms with Crippen LogP contribution in [0, 0.1) is 11.7 Å². The maximum atomic E-state index is 13.4. The van der Waals surface area contributed by atoms with Crippen molar-refractivity contribution in [3.63, 3.8) is 0 Å². The molecule has 1 heterocycles. The molecule has 0 spiro atoms. The van der Waals surface area contributed by atoms with Gasteiger partial charge in [-0.3, -0.25) is 9.59 Å². The van der Waals surface area contributed by atoms with E-state index >= 15 is 0 Å². The second kappa shape index (κ2) is 8.13. The van der Waals surface area contributed by atoms with Crippen molar-refractivity contribution in [2.24, 2.45) is 5.92 Å². The van der Waals surface area contributed by atoms with Crippen LogP contribution >= 0.6 is 0 Å². The van der Waals surface area contributed by atoms with Gasteiger partial charge in [0.25, 0.3) is 5.91 Å². The van der Waals surface area contributed by atoms with Crippen LogP contribution in [0.5, 0.6) is 5.75 Å². The Morgan fingerprint density at radius 1 is 1.15 bits per heavy atom. The molecule has 2 aromatic carbocycles. The van der Waals surface area contributed by atoms with Crippen molar-refractivity contribution in [2.45, 2.75) is 19.8 Å². The second-order valence-corrected chi connectivity index (χ2v) is 6.42. The summed E-state index contributed by atoms with van der Waals surface area (Å²) in [6.07, 6.45) is 1.47. The maximum Gasteiger partial charge on any atom is 0.253 e. The Bertz CT molecular complexity index is 788. The number of piperidine rings is 1. The van der Waals surface area contributed by atoms with Gasteiger partial charge in [0.15, 0.2) is 5.78 Å². The smallest absolute Gasteiger partial charge is 0.253 e. The summed E-state index contributed by atoms with van der Waals surface area (Å²) in [5.41, 5.74) is 0.942. The first-order valence-electron chi connectivity index (χ1n) is 8.90.